The molecule has 3 unspecified atom stereocenters. The predicted octanol–water partition coefficient (Wildman–Crippen LogP) is -2.52. The van der Waals surface area contributed by atoms with E-state index in [0.29, 0.717) is 6.42 Å². The number of hydrogen-bond acceptors (Lipinski definition) is 6. The van der Waals surface area contributed by atoms with Crippen molar-refractivity contribution < 1.29 is 34.2 Å². The van der Waals surface area contributed by atoms with Crippen molar-refractivity contribution in [2.24, 2.45) is 5.73 Å². The molecule has 140 valence electrons. The Morgan fingerprint density at radius 2 is 1.84 bits per heavy atom. The van der Waals surface area contributed by atoms with Gasteiger partial charge >= 0.3 is 11.9 Å². The first-order valence-electron chi connectivity index (χ1n) is 7.72. The molecule has 1 heterocycles. The summed E-state index contributed by atoms with van der Waals surface area (Å²) in [7, 11) is 0. The van der Waals surface area contributed by atoms with Crippen LogP contribution in [0.1, 0.15) is 26.2 Å². The Balaban J connectivity index is 2.84. The Labute approximate surface area is 143 Å². The van der Waals surface area contributed by atoms with Crippen LogP contribution >= 0.6 is 0 Å². The SMILES string of the molecule is CC(NC(=O)CN)C(=O)NC(CC(=O)O)C(=O)N1CCCC1C(=O)O. The molecule has 1 rings (SSSR count). The molecule has 25 heavy (non-hydrogen) atoms. The normalized spacial score (nSPS) is 19.0. The predicted molar refractivity (Wildman–Crippen MR) is 83.2 cm³/mol. The number of aliphatic carboxylic acids is 2. The first-order valence-corrected chi connectivity index (χ1v) is 7.72. The quantitative estimate of drug-likeness (QED) is 0.315. The lowest BCUT2D eigenvalue weighted by Crippen LogP contribution is -2.56. The third kappa shape index (κ3) is 5.71. The van der Waals surface area contributed by atoms with Gasteiger partial charge in [-0.15, -0.1) is 0 Å². The van der Waals surface area contributed by atoms with Crippen molar-refractivity contribution in [3.63, 3.8) is 0 Å². The number of carboxylic acids is 2. The topological polar surface area (TPSA) is 179 Å². The standard InChI is InChI=1S/C14H22N4O7/c1-7(16-10(19)6-15)12(22)17-8(5-11(20)21)13(23)18-4-2-3-9(18)14(24)25/h7-9H,2-6,15H2,1H3,(H,16,19)(H,17,22)(H,20,21)(H,24,25). The van der Waals surface area contributed by atoms with E-state index in [1.807, 2.05) is 0 Å². The highest BCUT2D eigenvalue weighted by molar-refractivity contribution is 5.95. The molecule has 3 atom stereocenters. The number of carboxylic acid groups (broad SMARTS) is 2. The van der Waals surface area contributed by atoms with E-state index < -0.39 is 54.2 Å². The maximum absolute atomic E-state index is 12.5. The first-order chi connectivity index (χ1) is 11.7. The molecule has 1 aliphatic rings. The molecule has 0 bridgehead atoms. The van der Waals surface area contributed by atoms with Crippen LogP contribution in [0.15, 0.2) is 0 Å². The zero-order chi connectivity index (χ0) is 19.1. The monoisotopic (exact) mass is 358 g/mol. The third-order valence-corrected chi connectivity index (χ3v) is 3.77. The van der Waals surface area contributed by atoms with Gasteiger partial charge in [-0.2, -0.15) is 0 Å². The molecule has 1 aliphatic heterocycles. The Kier molecular flexibility index (Phi) is 7.30. The Bertz CT molecular complexity index is 565. The molecule has 6 N–H and O–H groups in total. The summed E-state index contributed by atoms with van der Waals surface area (Å²) in [6.07, 6.45) is 0.0299. The fraction of sp³-hybridized carbons (Fsp3) is 0.643. The number of hydrogen-bond donors (Lipinski definition) is 5. The summed E-state index contributed by atoms with van der Waals surface area (Å²) in [4.78, 5) is 59.0. The van der Waals surface area contributed by atoms with E-state index in [1.54, 1.807) is 0 Å². The maximum atomic E-state index is 12.5. The van der Waals surface area contributed by atoms with Crippen molar-refractivity contribution >= 4 is 29.7 Å². The number of nitrogens with one attached hydrogen (secondary N) is 2. The van der Waals surface area contributed by atoms with E-state index in [2.05, 4.69) is 10.6 Å². The van der Waals surface area contributed by atoms with Gasteiger partial charge in [0.05, 0.1) is 13.0 Å². The minimum atomic E-state index is -1.43. The van der Waals surface area contributed by atoms with Gasteiger partial charge < -0.3 is 31.5 Å². The lowest BCUT2D eigenvalue weighted by Gasteiger charge is -2.27. The Morgan fingerprint density at radius 3 is 2.36 bits per heavy atom. The lowest BCUT2D eigenvalue weighted by atomic mass is 10.1. The van der Waals surface area contributed by atoms with Crippen molar-refractivity contribution in [2.75, 3.05) is 13.1 Å². The van der Waals surface area contributed by atoms with Crippen LogP contribution in [0.25, 0.3) is 0 Å². The third-order valence-electron chi connectivity index (χ3n) is 3.77. The zero-order valence-corrected chi connectivity index (χ0v) is 13.7. The molecule has 0 spiro atoms. The van der Waals surface area contributed by atoms with Gasteiger partial charge in [-0.3, -0.25) is 19.2 Å². The van der Waals surface area contributed by atoms with Crippen LogP contribution in [-0.2, 0) is 24.0 Å². The van der Waals surface area contributed by atoms with Crippen molar-refractivity contribution in [3.05, 3.63) is 0 Å². The first kappa shape index (κ1) is 20.4. The van der Waals surface area contributed by atoms with Crippen LogP contribution in [0.2, 0.25) is 0 Å². The van der Waals surface area contributed by atoms with E-state index in [-0.39, 0.29) is 19.5 Å². The molecule has 0 radical (unpaired) electrons. The van der Waals surface area contributed by atoms with Crippen molar-refractivity contribution in [1.82, 2.24) is 15.5 Å². The second-order valence-electron chi connectivity index (χ2n) is 5.68. The average molecular weight is 358 g/mol. The smallest absolute Gasteiger partial charge is 0.326 e. The van der Waals surface area contributed by atoms with Gasteiger partial charge in [-0.1, -0.05) is 0 Å². The molecule has 3 amide bonds. The van der Waals surface area contributed by atoms with Crippen LogP contribution in [-0.4, -0.2) is 76.0 Å². The summed E-state index contributed by atoms with van der Waals surface area (Å²) in [5.74, 6) is -4.65. The van der Waals surface area contributed by atoms with E-state index in [0.717, 1.165) is 4.90 Å². The van der Waals surface area contributed by atoms with Gasteiger partial charge in [0.15, 0.2) is 0 Å². The molecular formula is C14H22N4O7. The molecule has 11 nitrogen and oxygen atoms in total. The largest absolute Gasteiger partial charge is 0.481 e. The summed E-state index contributed by atoms with van der Waals surface area (Å²) in [6, 6.07) is -3.51. The van der Waals surface area contributed by atoms with Gasteiger partial charge in [0.25, 0.3) is 0 Å². The van der Waals surface area contributed by atoms with Crippen molar-refractivity contribution in [3.8, 4) is 0 Å². The van der Waals surface area contributed by atoms with Gasteiger partial charge in [0.1, 0.15) is 18.1 Å². The van der Waals surface area contributed by atoms with Crippen LogP contribution in [0.3, 0.4) is 0 Å². The number of rotatable bonds is 8. The second-order valence-corrected chi connectivity index (χ2v) is 5.68. The number of amides is 3. The molecule has 0 aliphatic carbocycles. The molecule has 0 aromatic heterocycles. The molecule has 0 aromatic rings. The minimum absolute atomic E-state index is 0.168. The van der Waals surface area contributed by atoms with Crippen molar-refractivity contribution in [2.45, 2.75) is 44.3 Å². The molecule has 0 saturated carbocycles. The van der Waals surface area contributed by atoms with Crippen molar-refractivity contribution in [1.29, 1.82) is 0 Å². The van der Waals surface area contributed by atoms with E-state index in [1.165, 1.54) is 6.92 Å². The highest BCUT2D eigenvalue weighted by Crippen LogP contribution is 2.19. The summed E-state index contributed by atoms with van der Waals surface area (Å²) >= 11 is 0. The molecule has 0 aromatic carbocycles. The van der Waals surface area contributed by atoms with E-state index >= 15 is 0 Å². The van der Waals surface area contributed by atoms with E-state index in [4.69, 9.17) is 15.9 Å². The highest BCUT2D eigenvalue weighted by Gasteiger charge is 2.38. The van der Waals surface area contributed by atoms with E-state index in [9.17, 15) is 24.0 Å². The van der Waals surface area contributed by atoms with Gasteiger partial charge in [0, 0.05) is 6.54 Å². The fourth-order valence-electron chi connectivity index (χ4n) is 2.52. The van der Waals surface area contributed by atoms with Gasteiger partial charge in [-0.25, -0.2) is 4.79 Å². The molecule has 1 fully saturated rings. The molecule has 11 heteroatoms. The van der Waals surface area contributed by atoms with Crippen LogP contribution in [0.5, 0.6) is 0 Å². The highest BCUT2D eigenvalue weighted by atomic mass is 16.4. The Morgan fingerprint density at radius 1 is 1.20 bits per heavy atom. The second kappa shape index (κ2) is 8.97. The summed E-state index contributed by atoms with van der Waals surface area (Å²) in [5.41, 5.74) is 5.12. The number of likely N-dealkylation sites (tertiary alicyclic amines) is 1. The fourth-order valence-corrected chi connectivity index (χ4v) is 2.52. The maximum Gasteiger partial charge on any atom is 0.326 e. The Hall–Kier alpha value is -2.69. The number of nitrogens with two attached hydrogens (primary N) is 1. The zero-order valence-electron chi connectivity index (χ0n) is 13.7. The van der Waals surface area contributed by atoms with Gasteiger partial charge in [0.2, 0.25) is 17.7 Å². The minimum Gasteiger partial charge on any atom is -0.481 e. The molecular weight excluding hydrogens is 336 g/mol. The summed E-state index contributed by atoms with van der Waals surface area (Å²) in [5, 5.41) is 22.6. The number of carbonyl (C=O) groups is 5. The summed E-state index contributed by atoms with van der Waals surface area (Å²) < 4.78 is 0. The van der Waals surface area contributed by atoms with Crippen LogP contribution in [0, 0.1) is 0 Å². The van der Waals surface area contributed by atoms with Crippen LogP contribution in [0.4, 0.5) is 0 Å². The molecule has 1 saturated heterocycles. The average Bonchev–Trinajstić information content (AvgIpc) is 3.02. The van der Waals surface area contributed by atoms with Crippen LogP contribution < -0.4 is 16.4 Å². The van der Waals surface area contributed by atoms with Gasteiger partial charge in [-0.05, 0) is 19.8 Å². The lowest BCUT2D eigenvalue weighted by molar-refractivity contribution is -0.150. The number of carbonyl (C=O) groups excluding carboxylic acids is 3. The summed E-state index contributed by atoms with van der Waals surface area (Å²) in [6.45, 7) is 1.19. The number of nitrogens with zero attached hydrogens (tertiary/aromatic N) is 1.